The summed E-state index contributed by atoms with van der Waals surface area (Å²) in [5.74, 6) is -1.47. The second kappa shape index (κ2) is 7.68. The monoisotopic (exact) mass is 340 g/mol. The lowest BCUT2D eigenvalue weighted by Crippen LogP contribution is -2.35. The Hall–Kier alpha value is -1.36. The Morgan fingerprint density at radius 3 is 2.54 bits per heavy atom. The maximum atomic E-state index is 14.3. The molecule has 1 aliphatic carbocycles. The molecule has 1 heterocycles. The summed E-state index contributed by atoms with van der Waals surface area (Å²) in [4.78, 5) is 0. The third-order valence-corrected chi connectivity index (χ3v) is 5.20. The molecule has 1 aromatic rings. The molecular weight excluding hydrogens is 314 g/mol. The maximum absolute atomic E-state index is 14.3. The fourth-order valence-electron chi connectivity index (χ4n) is 3.85. The smallest absolute Gasteiger partial charge is 0.204 e. The highest BCUT2D eigenvalue weighted by Crippen LogP contribution is 2.40. The van der Waals surface area contributed by atoms with E-state index in [1.807, 2.05) is 0 Å². The second-order valence-electron chi connectivity index (χ2n) is 6.80. The van der Waals surface area contributed by atoms with Crippen molar-refractivity contribution in [1.82, 2.24) is 0 Å². The SMILES string of the molecule is CCCOC1CCC(C2CCc3cc(OC)c(F)c(F)c3O2)CC1. The molecule has 0 bridgehead atoms. The lowest BCUT2D eigenvalue weighted by atomic mass is 9.81. The summed E-state index contributed by atoms with van der Waals surface area (Å²) in [6.45, 7) is 2.93. The van der Waals surface area contributed by atoms with Crippen LogP contribution in [-0.2, 0) is 11.2 Å². The van der Waals surface area contributed by atoms with Crippen molar-refractivity contribution >= 4 is 0 Å². The Balaban J connectivity index is 1.65. The van der Waals surface area contributed by atoms with Crippen LogP contribution in [0.3, 0.4) is 0 Å². The van der Waals surface area contributed by atoms with Crippen molar-refractivity contribution < 1.29 is 23.0 Å². The first-order valence-electron chi connectivity index (χ1n) is 8.97. The van der Waals surface area contributed by atoms with Gasteiger partial charge in [0, 0.05) is 12.2 Å². The van der Waals surface area contributed by atoms with Crippen molar-refractivity contribution in [1.29, 1.82) is 0 Å². The Bertz CT molecular complexity index is 568. The first-order valence-corrected chi connectivity index (χ1v) is 8.97. The predicted molar refractivity (Wildman–Crippen MR) is 87.6 cm³/mol. The Morgan fingerprint density at radius 2 is 1.88 bits per heavy atom. The largest absolute Gasteiger partial charge is 0.494 e. The van der Waals surface area contributed by atoms with Crippen LogP contribution in [0.2, 0.25) is 0 Å². The van der Waals surface area contributed by atoms with Gasteiger partial charge in [0.05, 0.1) is 13.2 Å². The van der Waals surface area contributed by atoms with Gasteiger partial charge in [0.25, 0.3) is 0 Å². The van der Waals surface area contributed by atoms with Crippen LogP contribution in [0.4, 0.5) is 8.78 Å². The first kappa shape index (κ1) is 17.5. The van der Waals surface area contributed by atoms with Gasteiger partial charge >= 0.3 is 0 Å². The zero-order chi connectivity index (χ0) is 17.1. The molecule has 134 valence electrons. The molecule has 24 heavy (non-hydrogen) atoms. The van der Waals surface area contributed by atoms with Gasteiger partial charge in [0.2, 0.25) is 11.6 Å². The molecule has 1 aliphatic heterocycles. The van der Waals surface area contributed by atoms with E-state index in [1.54, 1.807) is 6.07 Å². The van der Waals surface area contributed by atoms with Gasteiger partial charge in [-0.15, -0.1) is 0 Å². The van der Waals surface area contributed by atoms with Gasteiger partial charge in [-0.2, -0.15) is 8.78 Å². The highest BCUT2D eigenvalue weighted by atomic mass is 19.2. The average Bonchev–Trinajstić information content (AvgIpc) is 2.63. The van der Waals surface area contributed by atoms with E-state index in [-0.39, 0.29) is 17.6 Å². The minimum atomic E-state index is -0.964. The Morgan fingerprint density at radius 1 is 1.12 bits per heavy atom. The number of methoxy groups -OCH3 is 1. The third-order valence-electron chi connectivity index (χ3n) is 5.20. The predicted octanol–water partition coefficient (Wildman–Crippen LogP) is 4.65. The van der Waals surface area contributed by atoms with Gasteiger partial charge in [-0.05, 0) is 56.9 Å². The standard InChI is InChI=1S/C19H26F2O3/c1-3-10-23-14-7-4-12(5-8-14)15-9-6-13-11-16(22-2)17(20)18(21)19(13)24-15/h11-12,14-15H,3-10H2,1-2H3. The number of aryl methyl sites for hydroxylation is 1. The van der Waals surface area contributed by atoms with Gasteiger partial charge in [-0.25, -0.2) is 0 Å². The normalized spacial score (nSPS) is 26.6. The molecule has 0 saturated heterocycles. The van der Waals surface area contributed by atoms with E-state index in [1.165, 1.54) is 7.11 Å². The summed E-state index contributed by atoms with van der Waals surface area (Å²) in [6.07, 6.45) is 6.97. The first-order chi connectivity index (χ1) is 11.6. The van der Waals surface area contributed by atoms with E-state index in [0.29, 0.717) is 24.0 Å². The molecule has 0 spiro atoms. The molecule has 1 unspecified atom stereocenters. The maximum Gasteiger partial charge on any atom is 0.204 e. The fourth-order valence-corrected chi connectivity index (χ4v) is 3.85. The van der Waals surface area contributed by atoms with Crippen molar-refractivity contribution in [3.63, 3.8) is 0 Å². The van der Waals surface area contributed by atoms with E-state index in [2.05, 4.69) is 6.92 Å². The zero-order valence-corrected chi connectivity index (χ0v) is 14.4. The van der Waals surface area contributed by atoms with Gasteiger partial charge in [-0.3, -0.25) is 0 Å². The van der Waals surface area contributed by atoms with Crippen LogP contribution in [-0.4, -0.2) is 25.9 Å². The van der Waals surface area contributed by atoms with Crippen molar-refractivity contribution in [2.45, 2.75) is 64.1 Å². The van der Waals surface area contributed by atoms with Crippen LogP contribution < -0.4 is 9.47 Å². The number of fused-ring (bicyclic) bond motifs is 1. The quantitative estimate of drug-likeness (QED) is 0.781. The van der Waals surface area contributed by atoms with Gasteiger partial charge in [-0.1, -0.05) is 6.92 Å². The minimum absolute atomic E-state index is 0.0353. The number of ether oxygens (including phenoxy) is 3. The van der Waals surface area contributed by atoms with Gasteiger partial charge in [0.15, 0.2) is 11.5 Å². The summed E-state index contributed by atoms with van der Waals surface area (Å²) >= 11 is 0. The van der Waals surface area contributed by atoms with Crippen LogP contribution >= 0.6 is 0 Å². The summed E-state index contributed by atoms with van der Waals surface area (Å²) in [7, 11) is 1.34. The molecule has 0 radical (unpaired) electrons. The van der Waals surface area contributed by atoms with E-state index >= 15 is 0 Å². The topological polar surface area (TPSA) is 27.7 Å². The highest BCUT2D eigenvalue weighted by Gasteiger charge is 2.34. The number of halogens is 2. The van der Waals surface area contributed by atoms with Crippen LogP contribution in [0, 0.1) is 17.6 Å². The van der Waals surface area contributed by atoms with Crippen LogP contribution in [0.5, 0.6) is 11.5 Å². The second-order valence-corrected chi connectivity index (χ2v) is 6.80. The van der Waals surface area contributed by atoms with E-state index in [4.69, 9.17) is 14.2 Å². The lowest BCUT2D eigenvalue weighted by Gasteiger charge is -2.36. The van der Waals surface area contributed by atoms with Crippen molar-refractivity contribution in [3.8, 4) is 11.5 Å². The summed E-state index contributed by atoms with van der Waals surface area (Å²) < 4.78 is 44.8. The summed E-state index contributed by atoms with van der Waals surface area (Å²) in [5.41, 5.74) is 0.696. The van der Waals surface area contributed by atoms with Gasteiger partial charge in [0.1, 0.15) is 6.10 Å². The molecule has 0 amide bonds. The average molecular weight is 340 g/mol. The molecule has 1 fully saturated rings. The van der Waals surface area contributed by atoms with Crippen LogP contribution in [0.15, 0.2) is 6.07 Å². The van der Waals surface area contributed by atoms with E-state index in [9.17, 15) is 8.78 Å². The molecule has 0 N–H and O–H groups in total. The Labute approximate surface area is 142 Å². The third kappa shape index (κ3) is 3.51. The number of hydrogen-bond donors (Lipinski definition) is 0. The molecule has 2 aliphatic rings. The Kier molecular flexibility index (Phi) is 5.59. The van der Waals surface area contributed by atoms with Crippen molar-refractivity contribution in [2.75, 3.05) is 13.7 Å². The fraction of sp³-hybridized carbons (Fsp3) is 0.684. The summed E-state index contributed by atoms with van der Waals surface area (Å²) in [6, 6.07) is 1.56. The minimum Gasteiger partial charge on any atom is -0.494 e. The molecular formula is C19H26F2O3. The van der Waals surface area contributed by atoms with Crippen LogP contribution in [0.1, 0.15) is 51.0 Å². The van der Waals surface area contributed by atoms with Crippen molar-refractivity contribution in [2.24, 2.45) is 5.92 Å². The summed E-state index contributed by atoms with van der Waals surface area (Å²) in [5, 5.41) is 0. The molecule has 3 nitrogen and oxygen atoms in total. The highest BCUT2D eigenvalue weighted by molar-refractivity contribution is 5.44. The molecule has 5 heteroatoms. The molecule has 3 rings (SSSR count). The van der Waals surface area contributed by atoms with Gasteiger partial charge < -0.3 is 14.2 Å². The number of benzene rings is 1. The number of hydrogen-bond acceptors (Lipinski definition) is 3. The number of rotatable bonds is 5. The van der Waals surface area contributed by atoms with Crippen molar-refractivity contribution in [3.05, 3.63) is 23.3 Å². The molecule has 0 aromatic heterocycles. The molecule has 1 atom stereocenters. The molecule has 1 saturated carbocycles. The van der Waals surface area contributed by atoms with E-state index < -0.39 is 11.6 Å². The lowest BCUT2D eigenvalue weighted by molar-refractivity contribution is -0.00394. The molecule has 1 aromatic carbocycles. The van der Waals surface area contributed by atoms with Crippen LogP contribution in [0.25, 0.3) is 0 Å². The zero-order valence-electron chi connectivity index (χ0n) is 14.4. The van der Waals surface area contributed by atoms with E-state index in [0.717, 1.165) is 45.1 Å².